The highest BCUT2D eigenvalue weighted by Gasteiger charge is 2.00. The van der Waals surface area contributed by atoms with Gasteiger partial charge in [0.25, 0.3) is 0 Å². The molecular formula is C15H31N2O4P. The Morgan fingerprint density at radius 3 is 1.86 bits per heavy atom. The molecule has 1 aromatic rings. The molecule has 7 heteroatoms. The molecule has 130 valence electrons. The number of imidazole rings is 1. The first-order chi connectivity index (χ1) is 10.3. The Morgan fingerprint density at radius 1 is 1.00 bits per heavy atom. The van der Waals surface area contributed by atoms with Crippen molar-refractivity contribution in [3.05, 3.63) is 17.7 Å². The topological polar surface area (TPSA) is 106 Å². The number of nitrogens with one attached hydrogen (secondary N) is 1. The predicted molar refractivity (Wildman–Crippen MR) is 88.5 cm³/mol. The smallest absolute Gasteiger partial charge is 0.346 e. The molecule has 0 aromatic carbocycles. The Balaban J connectivity index is 0.000000763. The van der Waals surface area contributed by atoms with Gasteiger partial charge in [-0.05, 0) is 13.3 Å². The molecule has 0 aliphatic rings. The zero-order valence-electron chi connectivity index (χ0n) is 13.8. The van der Waals surface area contributed by atoms with Crippen molar-refractivity contribution in [1.82, 2.24) is 9.97 Å². The molecule has 0 radical (unpaired) electrons. The maximum Gasteiger partial charge on any atom is 0.466 e. The van der Waals surface area contributed by atoms with Gasteiger partial charge >= 0.3 is 7.82 Å². The zero-order valence-corrected chi connectivity index (χ0v) is 14.7. The average molecular weight is 334 g/mol. The maximum atomic E-state index is 8.88. The van der Waals surface area contributed by atoms with Crippen molar-refractivity contribution < 1.29 is 19.2 Å². The molecule has 0 aliphatic heterocycles. The Bertz CT molecular complexity index is 409. The fourth-order valence-corrected chi connectivity index (χ4v) is 2.20. The molecule has 0 bridgehead atoms. The summed E-state index contributed by atoms with van der Waals surface area (Å²) in [5.41, 5.74) is 1.18. The molecule has 1 rings (SSSR count). The molecule has 0 fully saturated rings. The van der Waals surface area contributed by atoms with Gasteiger partial charge in [0.05, 0.1) is 0 Å². The molecule has 0 saturated heterocycles. The number of unbranched alkanes of at least 4 members (excludes halogenated alkanes) is 8. The lowest BCUT2D eigenvalue weighted by molar-refractivity contribution is 0.275. The van der Waals surface area contributed by atoms with E-state index >= 15 is 0 Å². The molecule has 4 N–H and O–H groups in total. The monoisotopic (exact) mass is 334 g/mol. The van der Waals surface area contributed by atoms with Crippen molar-refractivity contribution in [2.24, 2.45) is 0 Å². The molecule has 1 aromatic heterocycles. The summed E-state index contributed by atoms with van der Waals surface area (Å²) in [7, 11) is -4.64. The van der Waals surface area contributed by atoms with Gasteiger partial charge in [0, 0.05) is 18.3 Å². The molecule has 6 nitrogen and oxygen atoms in total. The first-order valence-corrected chi connectivity index (χ1v) is 9.68. The van der Waals surface area contributed by atoms with Gasteiger partial charge in [0.2, 0.25) is 0 Å². The number of aromatic amines is 1. The third kappa shape index (κ3) is 17.4. The average Bonchev–Trinajstić information content (AvgIpc) is 2.81. The molecule has 22 heavy (non-hydrogen) atoms. The fraction of sp³-hybridized carbons (Fsp3) is 0.800. The maximum absolute atomic E-state index is 8.88. The van der Waals surface area contributed by atoms with Crippen LogP contribution in [-0.4, -0.2) is 24.6 Å². The van der Waals surface area contributed by atoms with E-state index in [1.807, 2.05) is 6.20 Å². The third-order valence-electron chi connectivity index (χ3n) is 3.27. The first kappa shape index (κ1) is 21.3. The van der Waals surface area contributed by atoms with Crippen LogP contribution in [-0.2, 0) is 11.0 Å². The summed E-state index contributed by atoms with van der Waals surface area (Å²) in [6.07, 6.45) is 15.5. The number of H-pyrrole nitrogens is 1. The summed E-state index contributed by atoms with van der Waals surface area (Å²) >= 11 is 0. The minimum absolute atomic E-state index is 1.11. The van der Waals surface area contributed by atoms with Gasteiger partial charge in [-0.25, -0.2) is 9.55 Å². The van der Waals surface area contributed by atoms with Gasteiger partial charge in [-0.2, -0.15) is 0 Å². The molecule has 0 amide bonds. The summed E-state index contributed by atoms with van der Waals surface area (Å²) in [5, 5.41) is 0. The van der Waals surface area contributed by atoms with Gasteiger partial charge in [-0.15, -0.1) is 0 Å². The van der Waals surface area contributed by atoms with Crippen LogP contribution in [0.5, 0.6) is 0 Å². The number of hydrogen-bond acceptors (Lipinski definition) is 2. The fourth-order valence-electron chi connectivity index (χ4n) is 2.20. The molecular weight excluding hydrogens is 303 g/mol. The van der Waals surface area contributed by atoms with Crippen LogP contribution in [0.15, 0.2) is 6.20 Å². The van der Waals surface area contributed by atoms with Crippen LogP contribution in [0, 0.1) is 6.92 Å². The second-order valence-corrected chi connectivity index (χ2v) is 6.63. The minimum atomic E-state index is -4.64. The lowest BCUT2D eigenvalue weighted by Crippen LogP contribution is -1.89. The summed E-state index contributed by atoms with van der Waals surface area (Å²) in [5.74, 6) is 1.16. The summed E-state index contributed by atoms with van der Waals surface area (Å²) < 4.78 is 8.88. The normalized spacial score (nSPS) is 11.1. The molecule has 0 spiro atoms. The molecule has 0 aliphatic carbocycles. The number of phosphoric acid groups is 1. The SMILES string of the molecule is CCCCCCCCCCCc1ncc(C)[nH]1.O=P(O)(O)O. The Hall–Kier alpha value is -0.680. The van der Waals surface area contributed by atoms with Crippen LogP contribution in [0.2, 0.25) is 0 Å². The third-order valence-corrected chi connectivity index (χ3v) is 3.27. The number of aromatic nitrogens is 2. The number of nitrogens with zero attached hydrogens (tertiary/aromatic N) is 1. The summed E-state index contributed by atoms with van der Waals surface area (Å²) in [4.78, 5) is 29.2. The minimum Gasteiger partial charge on any atom is -0.346 e. The van der Waals surface area contributed by atoms with Crippen molar-refractivity contribution >= 4 is 7.82 Å². The van der Waals surface area contributed by atoms with Crippen LogP contribution in [0.25, 0.3) is 0 Å². The molecule has 0 atom stereocenters. The van der Waals surface area contributed by atoms with Crippen molar-refractivity contribution in [3.63, 3.8) is 0 Å². The highest BCUT2D eigenvalue weighted by Crippen LogP contribution is 2.25. The van der Waals surface area contributed by atoms with Gasteiger partial charge in [-0.1, -0.05) is 58.3 Å². The lowest BCUT2D eigenvalue weighted by atomic mass is 10.1. The number of hydrogen-bond donors (Lipinski definition) is 4. The second-order valence-electron chi connectivity index (χ2n) is 5.60. The van der Waals surface area contributed by atoms with Gasteiger partial charge < -0.3 is 19.7 Å². The van der Waals surface area contributed by atoms with E-state index in [1.54, 1.807) is 0 Å². The van der Waals surface area contributed by atoms with E-state index in [1.165, 1.54) is 63.5 Å². The number of aryl methyl sites for hydroxylation is 2. The van der Waals surface area contributed by atoms with E-state index < -0.39 is 7.82 Å². The largest absolute Gasteiger partial charge is 0.466 e. The summed E-state index contributed by atoms with van der Waals surface area (Å²) in [6, 6.07) is 0. The standard InChI is InChI=1S/C15H28N2.H3O4P/c1-3-4-5-6-7-8-9-10-11-12-15-16-13-14(2)17-15;1-5(2,3)4/h13H,3-12H2,1-2H3,(H,16,17);(H3,1,2,3,4). The lowest BCUT2D eigenvalue weighted by Gasteiger charge is -2.01. The van der Waals surface area contributed by atoms with E-state index in [2.05, 4.69) is 23.8 Å². The van der Waals surface area contributed by atoms with Crippen LogP contribution >= 0.6 is 7.82 Å². The Labute approximate surface area is 133 Å². The van der Waals surface area contributed by atoms with Crippen LogP contribution in [0.1, 0.15) is 76.2 Å². The molecule has 0 saturated carbocycles. The van der Waals surface area contributed by atoms with E-state index in [9.17, 15) is 0 Å². The Morgan fingerprint density at radius 2 is 1.45 bits per heavy atom. The second kappa shape index (κ2) is 12.8. The van der Waals surface area contributed by atoms with E-state index in [-0.39, 0.29) is 0 Å². The first-order valence-electron chi connectivity index (χ1n) is 8.11. The molecule has 0 unspecified atom stereocenters. The van der Waals surface area contributed by atoms with Crippen LogP contribution in [0.3, 0.4) is 0 Å². The van der Waals surface area contributed by atoms with Crippen LogP contribution < -0.4 is 0 Å². The van der Waals surface area contributed by atoms with E-state index in [4.69, 9.17) is 19.2 Å². The zero-order chi connectivity index (χ0) is 16.8. The van der Waals surface area contributed by atoms with Gasteiger partial charge in [0.1, 0.15) is 5.82 Å². The van der Waals surface area contributed by atoms with E-state index in [0.717, 1.165) is 12.2 Å². The van der Waals surface area contributed by atoms with Crippen molar-refractivity contribution in [3.8, 4) is 0 Å². The molecule has 1 heterocycles. The van der Waals surface area contributed by atoms with Gasteiger partial charge in [0.15, 0.2) is 0 Å². The highest BCUT2D eigenvalue weighted by molar-refractivity contribution is 7.45. The Kier molecular flexibility index (Phi) is 12.4. The number of rotatable bonds is 10. The quantitative estimate of drug-likeness (QED) is 0.384. The highest BCUT2D eigenvalue weighted by atomic mass is 31.2. The van der Waals surface area contributed by atoms with Crippen LogP contribution in [0.4, 0.5) is 0 Å². The predicted octanol–water partition coefficient (Wildman–Crippen LogP) is 3.86. The van der Waals surface area contributed by atoms with Crippen molar-refractivity contribution in [2.45, 2.75) is 78.1 Å². The summed E-state index contributed by atoms with van der Waals surface area (Å²) in [6.45, 7) is 4.34. The van der Waals surface area contributed by atoms with Crippen molar-refractivity contribution in [1.29, 1.82) is 0 Å². The van der Waals surface area contributed by atoms with E-state index in [0.29, 0.717) is 0 Å². The van der Waals surface area contributed by atoms with Gasteiger partial charge in [-0.3, -0.25) is 0 Å². The van der Waals surface area contributed by atoms with Crippen molar-refractivity contribution in [2.75, 3.05) is 0 Å².